The molecule has 0 amide bonds. The van der Waals surface area contributed by atoms with E-state index in [9.17, 15) is 0 Å². The zero-order chi connectivity index (χ0) is 17.9. The average Bonchev–Trinajstić information content (AvgIpc) is 3.30. The van der Waals surface area contributed by atoms with Crippen LogP contribution in [0.5, 0.6) is 11.5 Å². The monoisotopic (exact) mass is 353 g/mol. The molecule has 134 valence electrons. The van der Waals surface area contributed by atoms with Gasteiger partial charge >= 0.3 is 0 Å². The summed E-state index contributed by atoms with van der Waals surface area (Å²) in [5, 5.41) is 19.8. The van der Waals surface area contributed by atoms with Crippen molar-refractivity contribution in [3.63, 3.8) is 0 Å². The number of aromatic nitrogens is 6. The van der Waals surface area contributed by atoms with Gasteiger partial charge in [0.25, 0.3) is 0 Å². The molecular weight excluding hydrogens is 334 g/mol. The number of rotatable bonds is 7. The molecule has 9 heteroatoms. The first-order chi connectivity index (χ1) is 12.8. The van der Waals surface area contributed by atoms with Gasteiger partial charge in [-0.25, -0.2) is 0 Å². The number of nitrogens with zero attached hydrogens (tertiary/aromatic N) is 5. The normalized spacial score (nSPS) is 11.2. The molecule has 0 aliphatic heterocycles. The van der Waals surface area contributed by atoms with E-state index in [0.29, 0.717) is 5.65 Å². The van der Waals surface area contributed by atoms with Crippen LogP contribution >= 0.6 is 0 Å². The Hall–Kier alpha value is -3.36. The van der Waals surface area contributed by atoms with Crippen molar-refractivity contribution in [3.8, 4) is 11.5 Å². The van der Waals surface area contributed by atoms with Crippen molar-refractivity contribution < 1.29 is 9.47 Å². The Balaban J connectivity index is 1.39. The summed E-state index contributed by atoms with van der Waals surface area (Å²) >= 11 is 0. The Labute approximate surface area is 149 Å². The van der Waals surface area contributed by atoms with Crippen molar-refractivity contribution >= 4 is 22.4 Å². The van der Waals surface area contributed by atoms with Gasteiger partial charge in [-0.15, -0.1) is 14.8 Å². The maximum Gasteiger partial charge on any atom is 0.200 e. The van der Waals surface area contributed by atoms with Crippen LogP contribution in [-0.2, 0) is 6.42 Å². The minimum Gasteiger partial charge on any atom is -0.497 e. The summed E-state index contributed by atoms with van der Waals surface area (Å²) < 4.78 is 12.2. The lowest BCUT2D eigenvalue weighted by Gasteiger charge is -2.04. The highest BCUT2D eigenvalue weighted by Gasteiger charge is 2.09. The van der Waals surface area contributed by atoms with Crippen LogP contribution in [0.1, 0.15) is 12.1 Å². The molecule has 26 heavy (non-hydrogen) atoms. The van der Waals surface area contributed by atoms with Gasteiger partial charge in [-0.1, -0.05) is 0 Å². The first-order valence-corrected chi connectivity index (χ1v) is 8.30. The standard InChI is InChI=1S/C17H19N7O2/c1-25-12-9-14-13(15(10-12)26-2)8-11(19-14)4-3-7-18-16-5-6-17-20-22-23-24(17)21-16/h5-6,8-10,19H,3-4,7H2,1-2H3,(H,18,21). The molecule has 0 fully saturated rings. The lowest BCUT2D eigenvalue weighted by molar-refractivity contribution is 0.398. The van der Waals surface area contributed by atoms with E-state index in [1.165, 1.54) is 4.63 Å². The molecule has 0 aliphatic carbocycles. The number of tetrazole rings is 1. The van der Waals surface area contributed by atoms with Gasteiger partial charge in [0.2, 0.25) is 0 Å². The number of fused-ring (bicyclic) bond motifs is 2. The quantitative estimate of drug-likeness (QED) is 0.490. The number of nitrogens with one attached hydrogen (secondary N) is 2. The van der Waals surface area contributed by atoms with E-state index < -0.39 is 0 Å². The van der Waals surface area contributed by atoms with Crippen molar-refractivity contribution in [3.05, 3.63) is 36.0 Å². The number of methoxy groups -OCH3 is 2. The van der Waals surface area contributed by atoms with Crippen LogP contribution in [0.15, 0.2) is 30.3 Å². The van der Waals surface area contributed by atoms with E-state index in [-0.39, 0.29) is 0 Å². The summed E-state index contributed by atoms with van der Waals surface area (Å²) in [5.41, 5.74) is 2.78. The summed E-state index contributed by atoms with van der Waals surface area (Å²) in [6.07, 6.45) is 1.85. The highest BCUT2D eigenvalue weighted by Crippen LogP contribution is 2.31. The smallest absolute Gasteiger partial charge is 0.200 e. The van der Waals surface area contributed by atoms with Crippen molar-refractivity contribution in [1.29, 1.82) is 0 Å². The number of aryl methyl sites for hydroxylation is 1. The van der Waals surface area contributed by atoms with Crippen LogP contribution in [0.4, 0.5) is 5.82 Å². The first-order valence-electron chi connectivity index (χ1n) is 8.30. The molecule has 9 nitrogen and oxygen atoms in total. The maximum atomic E-state index is 5.46. The van der Waals surface area contributed by atoms with Crippen LogP contribution in [0.3, 0.4) is 0 Å². The van der Waals surface area contributed by atoms with Crippen LogP contribution in [0.2, 0.25) is 0 Å². The molecule has 0 spiro atoms. The number of ether oxygens (including phenoxy) is 2. The molecule has 4 rings (SSSR count). The van der Waals surface area contributed by atoms with E-state index in [1.54, 1.807) is 14.2 Å². The van der Waals surface area contributed by atoms with Gasteiger partial charge in [-0.3, -0.25) is 0 Å². The number of benzene rings is 1. The molecular formula is C17H19N7O2. The van der Waals surface area contributed by atoms with Crippen LogP contribution in [-0.4, -0.2) is 51.0 Å². The summed E-state index contributed by atoms with van der Waals surface area (Å²) in [7, 11) is 3.32. The lowest BCUT2D eigenvalue weighted by Crippen LogP contribution is -2.07. The Kier molecular flexibility index (Phi) is 4.26. The zero-order valence-corrected chi connectivity index (χ0v) is 14.6. The van der Waals surface area contributed by atoms with Gasteiger partial charge in [0, 0.05) is 29.8 Å². The summed E-state index contributed by atoms with van der Waals surface area (Å²) in [6.45, 7) is 0.788. The minimum absolute atomic E-state index is 0.623. The lowest BCUT2D eigenvalue weighted by atomic mass is 10.2. The summed E-state index contributed by atoms with van der Waals surface area (Å²) in [6, 6.07) is 9.69. The van der Waals surface area contributed by atoms with E-state index in [1.807, 2.05) is 24.3 Å². The molecule has 3 aromatic heterocycles. The Morgan fingerprint density at radius 1 is 1.15 bits per heavy atom. The van der Waals surface area contributed by atoms with Gasteiger partial charge in [-0.2, -0.15) is 0 Å². The molecule has 4 aromatic rings. The average molecular weight is 353 g/mol. The molecule has 2 N–H and O–H groups in total. The van der Waals surface area contributed by atoms with E-state index in [0.717, 1.165) is 53.3 Å². The van der Waals surface area contributed by atoms with Crippen LogP contribution in [0, 0.1) is 0 Å². The van der Waals surface area contributed by atoms with E-state index >= 15 is 0 Å². The topological polar surface area (TPSA) is 102 Å². The molecule has 0 atom stereocenters. The second-order valence-corrected chi connectivity index (χ2v) is 5.86. The number of H-pyrrole nitrogens is 1. The number of hydrogen-bond acceptors (Lipinski definition) is 7. The fourth-order valence-electron chi connectivity index (χ4n) is 2.90. The van der Waals surface area contributed by atoms with Crippen LogP contribution in [0.25, 0.3) is 16.6 Å². The molecule has 0 bridgehead atoms. The van der Waals surface area contributed by atoms with Crippen molar-refractivity contribution in [2.45, 2.75) is 12.8 Å². The predicted molar refractivity (Wildman–Crippen MR) is 96.8 cm³/mol. The molecule has 3 heterocycles. The highest BCUT2D eigenvalue weighted by atomic mass is 16.5. The Bertz CT molecular complexity index is 1040. The number of anilines is 1. The van der Waals surface area contributed by atoms with Gasteiger partial charge in [0.1, 0.15) is 17.3 Å². The van der Waals surface area contributed by atoms with Crippen molar-refractivity contribution in [2.24, 2.45) is 0 Å². The molecule has 0 radical (unpaired) electrons. The first kappa shape index (κ1) is 16.1. The highest BCUT2D eigenvalue weighted by molar-refractivity contribution is 5.88. The molecule has 0 saturated heterocycles. The van der Waals surface area contributed by atoms with E-state index in [2.05, 4.69) is 37.0 Å². The zero-order valence-electron chi connectivity index (χ0n) is 14.6. The van der Waals surface area contributed by atoms with Crippen LogP contribution < -0.4 is 14.8 Å². The third-order valence-electron chi connectivity index (χ3n) is 4.18. The van der Waals surface area contributed by atoms with E-state index in [4.69, 9.17) is 9.47 Å². The van der Waals surface area contributed by atoms with Crippen molar-refractivity contribution in [1.82, 2.24) is 30.2 Å². The molecule has 0 unspecified atom stereocenters. The summed E-state index contributed by atoms with van der Waals surface area (Å²) in [4.78, 5) is 3.43. The SMILES string of the molecule is COc1cc(OC)c2cc(CCCNc3ccc4nnnn4n3)[nH]c2c1. The number of hydrogen-bond donors (Lipinski definition) is 2. The number of aromatic amines is 1. The maximum absolute atomic E-state index is 5.46. The fourth-order valence-corrected chi connectivity index (χ4v) is 2.90. The predicted octanol–water partition coefficient (Wildman–Crippen LogP) is 2.06. The third kappa shape index (κ3) is 3.10. The fraction of sp³-hybridized carbons (Fsp3) is 0.294. The Morgan fingerprint density at radius 3 is 2.92 bits per heavy atom. The van der Waals surface area contributed by atoms with Crippen molar-refractivity contribution in [2.75, 3.05) is 26.1 Å². The molecule has 0 saturated carbocycles. The largest absolute Gasteiger partial charge is 0.497 e. The minimum atomic E-state index is 0.623. The van der Waals surface area contributed by atoms with Gasteiger partial charge in [-0.05, 0) is 41.5 Å². The van der Waals surface area contributed by atoms with Gasteiger partial charge in [0.15, 0.2) is 5.65 Å². The second kappa shape index (κ2) is 6.87. The molecule has 0 aliphatic rings. The Morgan fingerprint density at radius 2 is 2.08 bits per heavy atom. The second-order valence-electron chi connectivity index (χ2n) is 5.86. The van der Waals surface area contributed by atoms with Gasteiger partial charge in [0.05, 0.1) is 19.7 Å². The van der Waals surface area contributed by atoms with Gasteiger partial charge < -0.3 is 19.8 Å². The third-order valence-corrected chi connectivity index (χ3v) is 4.18. The molecule has 1 aromatic carbocycles. The summed E-state index contributed by atoms with van der Waals surface area (Å²) in [5.74, 6) is 2.32.